The van der Waals surface area contributed by atoms with Crippen molar-refractivity contribution in [3.8, 4) is 0 Å². The number of aromatic nitrogens is 1. The lowest BCUT2D eigenvalue weighted by Crippen LogP contribution is -2.34. The summed E-state index contributed by atoms with van der Waals surface area (Å²) in [6, 6.07) is 14.4. The Labute approximate surface area is 140 Å². The summed E-state index contributed by atoms with van der Waals surface area (Å²) in [5.74, 6) is 4.81. The number of Topliss-reactive ketones (excluding diaryl/α,β-unsaturated/α-hetero) is 2. The number of carbonyl (C=O) groups excluding carboxylic acids is 2. The van der Waals surface area contributed by atoms with Gasteiger partial charge in [0.25, 0.3) is 0 Å². The van der Waals surface area contributed by atoms with Crippen LogP contribution in [0.15, 0.2) is 48.5 Å². The zero-order valence-corrected chi connectivity index (χ0v) is 13.7. The highest BCUT2D eigenvalue weighted by Crippen LogP contribution is 2.03. The van der Waals surface area contributed by atoms with Gasteiger partial charge in [-0.25, -0.2) is 10.8 Å². The SMILES string of the molecule is CC(=O)c1cccc(C(C)=O)n1.NNC(=S)Nc1ccccc1. The molecule has 0 amide bonds. The topological polar surface area (TPSA) is 97.1 Å². The van der Waals surface area contributed by atoms with E-state index in [4.69, 9.17) is 18.1 Å². The van der Waals surface area contributed by atoms with Gasteiger partial charge in [-0.3, -0.25) is 9.59 Å². The fraction of sp³-hybridized carbons (Fsp3) is 0.125. The van der Waals surface area contributed by atoms with E-state index in [0.717, 1.165) is 5.69 Å². The Balaban J connectivity index is 0.000000231. The molecule has 1 aromatic heterocycles. The monoisotopic (exact) mass is 330 g/mol. The minimum atomic E-state index is -0.127. The summed E-state index contributed by atoms with van der Waals surface area (Å²) in [5.41, 5.74) is 3.93. The molecule has 0 radical (unpaired) electrons. The Morgan fingerprint density at radius 3 is 1.91 bits per heavy atom. The van der Waals surface area contributed by atoms with Gasteiger partial charge in [-0.2, -0.15) is 0 Å². The van der Waals surface area contributed by atoms with Gasteiger partial charge in [0.05, 0.1) is 0 Å². The number of para-hydroxylation sites is 1. The summed E-state index contributed by atoms with van der Waals surface area (Å²) >= 11 is 4.79. The van der Waals surface area contributed by atoms with Crippen molar-refractivity contribution in [3.63, 3.8) is 0 Å². The van der Waals surface area contributed by atoms with Crippen LogP contribution in [0.2, 0.25) is 0 Å². The summed E-state index contributed by atoms with van der Waals surface area (Å²) in [4.78, 5) is 25.6. The number of hydrogen-bond donors (Lipinski definition) is 3. The van der Waals surface area contributed by atoms with E-state index in [1.807, 2.05) is 30.3 Å². The van der Waals surface area contributed by atoms with Crippen LogP contribution in [0, 0.1) is 0 Å². The molecule has 2 aromatic rings. The first-order chi connectivity index (χ1) is 10.9. The molecule has 7 heteroatoms. The number of benzene rings is 1. The molecule has 0 aliphatic rings. The number of hydrazine groups is 1. The Morgan fingerprint density at radius 1 is 0.957 bits per heavy atom. The third kappa shape index (κ3) is 6.77. The number of nitrogens with zero attached hydrogens (tertiary/aromatic N) is 1. The summed E-state index contributed by atoms with van der Waals surface area (Å²) in [6.07, 6.45) is 0. The zero-order chi connectivity index (χ0) is 17.2. The van der Waals surface area contributed by atoms with Gasteiger partial charge >= 0.3 is 0 Å². The van der Waals surface area contributed by atoms with Gasteiger partial charge in [0.1, 0.15) is 11.4 Å². The van der Waals surface area contributed by atoms with E-state index in [9.17, 15) is 9.59 Å². The fourth-order valence-corrected chi connectivity index (χ4v) is 1.63. The Hall–Kier alpha value is -2.64. The van der Waals surface area contributed by atoms with Gasteiger partial charge in [0.15, 0.2) is 16.7 Å². The number of nitrogens with one attached hydrogen (secondary N) is 2. The van der Waals surface area contributed by atoms with Crippen molar-refractivity contribution < 1.29 is 9.59 Å². The van der Waals surface area contributed by atoms with E-state index in [-0.39, 0.29) is 11.6 Å². The second-order valence-corrected chi connectivity index (χ2v) is 4.89. The molecule has 23 heavy (non-hydrogen) atoms. The number of hydrogen-bond acceptors (Lipinski definition) is 5. The van der Waals surface area contributed by atoms with Gasteiger partial charge in [0, 0.05) is 19.5 Å². The van der Waals surface area contributed by atoms with Crippen molar-refractivity contribution in [2.24, 2.45) is 5.84 Å². The van der Waals surface area contributed by atoms with Gasteiger partial charge in [-0.05, 0) is 36.5 Å². The van der Waals surface area contributed by atoms with Crippen LogP contribution in [-0.4, -0.2) is 21.7 Å². The highest BCUT2D eigenvalue weighted by atomic mass is 32.1. The molecular formula is C16H18N4O2S. The first-order valence-electron chi connectivity index (χ1n) is 6.75. The lowest BCUT2D eigenvalue weighted by molar-refractivity contribution is 0.101. The van der Waals surface area contributed by atoms with Crippen LogP contribution in [0.5, 0.6) is 0 Å². The van der Waals surface area contributed by atoms with Crippen LogP contribution in [0.25, 0.3) is 0 Å². The van der Waals surface area contributed by atoms with E-state index >= 15 is 0 Å². The first-order valence-corrected chi connectivity index (χ1v) is 7.16. The zero-order valence-electron chi connectivity index (χ0n) is 12.9. The Bertz CT molecular complexity index is 660. The molecule has 0 aliphatic heterocycles. The lowest BCUT2D eigenvalue weighted by atomic mass is 10.2. The van der Waals surface area contributed by atoms with E-state index < -0.39 is 0 Å². The molecule has 0 fully saturated rings. The van der Waals surface area contributed by atoms with Crippen molar-refractivity contribution >= 4 is 34.6 Å². The molecule has 0 unspecified atom stereocenters. The normalized spacial score (nSPS) is 9.17. The predicted molar refractivity (Wildman–Crippen MR) is 94.2 cm³/mol. The van der Waals surface area contributed by atoms with Gasteiger partial charge < -0.3 is 10.7 Å². The molecule has 0 aliphatic carbocycles. The van der Waals surface area contributed by atoms with Crippen LogP contribution in [-0.2, 0) is 0 Å². The quantitative estimate of drug-likeness (QED) is 0.344. The molecule has 0 atom stereocenters. The maximum atomic E-state index is 10.8. The fourth-order valence-electron chi connectivity index (χ4n) is 1.52. The van der Waals surface area contributed by atoms with Crippen LogP contribution < -0.4 is 16.6 Å². The number of ketones is 2. The molecule has 1 aromatic carbocycles. The average molecular weight is 330 g/mol. The molecule has 120 valence electrons. The van der Waals surface area contributed by atoms with Gasteiger partial charge in [-0.1, -0.05) is 24.3 Å². The Morgan fingerprint density at radius 2 is 1.48 bits per heavy atom. The van der Waals surface area contributed by atoms with Crippen molar-refractivity contribution in [2.45, 2.75) is 13.8 Å². The van der Waals surface area contributed by atoms with Crippen molar-refractivity contribution in [3.05, 3.63) is 59.9 Å². The number of thiocarbonyl (C=S) groups is 1. The molecule has 0 spiro atoms. The third-order valence-corrected chi connectivity index (χ3v) is 2.85. The maximum absolute atomic E-state index is 10.8. The lowest BCUT2D eigenvalue weighted by Gasteiger charge is -2.04. The molecule has 1 heterocycles. The summed E-state index contributed by atoms with van der Waals surface area (Å²) in [6.45, 7) is 2.85. The van der Waals surface area contributed by atoms with Crippen LogP contribution in [0.3, 0.4) is 0 Å². The van der Waals surface area contributed by atoms with E-state index in [1.54, 1.807) is 18.2 Å². The number of nitrogens with two attached hydrogens (primary N) is 1. The molecular weight excluding hydrogens is 312 g/mol. The second kappa shape index (κ2) is 9.39. The summed E-state index contributed by atoms with van der Waals surface area (Å²) in [7, 11) is 0. The highest BCUT2D eigenvalue weighted by molar-refractivity contribution is 7.80. The Kier molecular flexibility index (Phi) is 7.52. The minimum Gasteiger partial charge on any atom is -0.332 e. The predicted octanol–water partition coefficient (Wildman–Crippen LogP) is 2.33. The number of carbonyl (C=O) groups is 2. The first kappa shape index (κ1) is 18.4. The molecule has 0 saturated heterocycles. The van der Waals surface area contributed by atoms with Crippen molar-refractivity contribution in [1.82, 2.24) is 10.4 Å². The standard InChI is InChI=1S/C9H9NO2.C7H9N3S/c1-6(11)8-4-3-5-9(10-8)7(2)12;8-10-7(11)9-6-4-2-1-3-5-6/h3-5H,1-2H3;1-5H,8H2,(H2,9,10,11). The molecule has 0 saturated carbocycles. The van der Waals surface area contributed by atoms with Gasteiger partial charge in [0.2, 0.25) is 0 Å². The van der Waals surface area contributed by atoms with Crippen LogP contribution in [0.1, 0.15) is 34.8 Å². The summed E-state index contributed by atoms with van der Waals surface area (Å²) < 4.78 is 0. The van der Waals surface area contributed by atoms with Crippen LogP contribution >= 0.6 is 12.2 Å². The minimum absolute atomic E-state index is 0.127. The van der Waals surface area contributed by atoms with Crippen LogP contribution in [0.4, 0.5) is 5.69 Å². The molecule has 0 bridgehead atoms. The van der Waals surface area contributed by atoms with E-state index in [1.165, 1.54) is 13.8 Å². The van der Waals surface area contributed by atoms with E-state index in [0.29, 0.717) is 16.5 Å². The van der Waals surface area contributed by atoms with Crippen molar-refractivity contribution in [1.29, 1.82) is 0 Å². The number of rotatable bonds is 3. The molecule has 4 N–H and O–H groups in total. The summed E-state index contributed by atoms with van der Waals surface area (Å²) in [5, 5.41) is 3.30. The molecule has 2 rings (SSSR count). The maximum Gasteiger partial charge on any atom is 0.185 e. The average Bonchev–Trinajstić information content (AvgIpc) is 2.56. The largest absolute Gasteiger partial charge is 0.332 e. The van der Waals surface area contributed by atoms with Crippen molar-refractivity contribution in [2.75, 3.05) is 5.32 Å². The number of pyridine rings is 1. The van der Waals surface area contributed by atoms with E-state index in [2.05, 4.69) is 15.7 Å². The smallest absolute Gasteiger partial charge is 0.185 e. The highest BCUT2D eigenvalue weighted by Gasteiger charge is 2.04. The number of anilines is 1. The molecule has 6 nitrogen and oxygen atoms in total. The third-order valence-electron chi connectivity index (χ3n) is 2.63. The second-order valence-electron chi connectivity index (χ2n) is 4.48. The van der Waals surface area contributed by atoms with Gasteiger partial charge in [-0.15, -0.1) is 0 Å².